The molecule has 4 aromatic rings. The summed E-state index contributed by atoms with van der Waals surface area (Å²) in [5, 5.41) is 0.465. The highest BCUT2D eigenvalue weighted by Gasteiger charge is 2.43. The Labute approximate surface area is 196 Å². The van der Waals surface area contributed by atoms with Gasteiger partial charge in [-0.15, -0.1) is 0 Å². The Morgan fingerprint density at radius 1 is 1.06 bits per heavy atom. The molecule has 0 N–H and O–H groups in total. The SMILES string of the molecule is CCOc1ccc(C2c3c(oc4c(C)cc(C)cc4c3=O)C(=O)N2Cc2ccco2)cc1OC. The minimum Gasteiger partial charge on any atom is -0.493 e. The van der Waals surface area contributed by atoms with E-state index in [0.717, 1.165) is 16.7 Å². The largest absolute Gasteiger partial charge is 0.493 e. The summed E-state index contributed by atoms with van der Waals surface area (Å²) in [4.78, 5) is 29.0. The maximum absolute atomic E-state index is 13.8. The molecule has 1 aliphatic heterocycles. The van der Waals surface area contributed by atoms with E-state index in [1.165, 1.54) is 0 Å². The van der Waals surface area contributed by atoms with Crippen LogP contribution in [0.1, 0.15) is 51.5 Å². The lowest BCUT2D eigenvalue weighted by Crippen LogP contribution is -2.29. The number of amides is 1. The number of hydrogen-bond donors (Lipinski definition) is 0. The number of furan rings is 1. The fourth-order valence-corrected chi connectivity index (χ4v) is 4.68. The molecular weight excluding hydrogens is 434 g/mol. The molecular formula is C27H25NO6. The summed E-state index contributed by atoms with van der Waals surface area (Å²) in [5.74, 6) is 1.42. The Morgan fingerprint density at radius 3 is 2.59 bits per heavy atom. The second-order valence-electron chi connectivity index (χ2n) is 8.39. The maximum Gasteiger partial charge on any atom is 0.291 e. The van der Waals surface area contributed by atoms with Crippen LogP contribution in [0.25, 0.3) is 11.0 Å². The van der Waals surface area contributed by atoms with Crippen molar-refractivity contribution >= 4 is 16.9 Å². The lowest BCUT2D eigenvalue weighted by atomic mass is 9.97. The molecule has 0 saturated carbocycles. The molecule has 34 heavy (non-hydrogen) atoms. The predicted molar refractivity (Wildman–Crippen MR) is 127 cm³/mol. The van der Waals surface area contributed by atoms with E-state index in [1.807, 2.05) is 39.0 Å². The van der Waals surface area contributed by atoms with Crippen LogP contribution in [-0.2, 0) is 6.54 Å². The smallest absolute Gasteiger partial charge is 0.291 e. The van der Waals surface area contributed by atoms with Crippen molar-refractivity contribution in [3.8, 4) is 11.5 Å². The van der Waals surface area contributed by atoms with E-state index in [9.17, 15) is 9.59 Å². The van der Waals surface area contributed by atoms with Crippen molar-refractivity contribution in [2.45, 2.75) is 33.4 Å². The Bertz CT molecular complexity index is 1450. The molecule has 0 radical (unpaired) electrons. The van der Waals surface area contributed by atoms with E-state index < -0.39 is 6.04 Å². The van der Waals surface area contributed by atoms with E-state index in [2.05, 4.69) is 0 Å². The van der Waals surface area contributed by atoms with Gasteiger partial charge in [0.05, 0.1) is 43.5 Å². The van der Waals surface area contributed by atoms with E-state index in [-0.39, 0.29) is 23.6 Å². The average molecular weight is 459 g/mol. The van der Waals surface area contributed by atoms with Crippen LogP contribution in [0.5, 0.6) is 11.5 Å². The topological polar surface area (TPSA) is 82.1 Å². The lowest BCUT2D eigenvalue weighted by molar-refractivity contribution is 0.0701. The Kier molecular flexibility index (Phi) is 5.40. The van der Waals surface area contributed by atoms with Crippen molar-refractivity contribution in [3.63, 3.8) is 0 Å². The predicted octanol–water partition coefficient (Wildman–Crippen LogP) is 5.16. The summed E-state index contributed by atoms with van der Waals surface area (Å²) < 4.78 is 22.8. The maximum atomic E-state index is 13.8. The highest BCUT2D eigenvalue weighted by atomic mass is 16.5. The first kappa shape index (κ1) is 21.8. The van der Waals surface area contributed by atoms with Crippen molar-refractivity contribution in [1.82, 2.24) is 4.90 Å². The number of carbonyl (C=O) groups excluding carboxylic acids is 1. The molecule has 1 amide bonds. The minimum absolute atomic E-state index is 0.0638. The van der Waals surface area contributed by atoms with Crippen LogP contribution in [0.3, 0.4) is 0 Å². The summed E-state index contributed by atoms with van der Waals surface area (Å²) in [5.41, 5.74) is 3.02. The number of methoxy groups -OCH3 is 1. The summed E-state index contributed by atoms with van der Waals surface area (Å²) in [7, 11) is 1.56. The number of benzene rings is 2. The number of ether oxygens (including phenoxy) is 2. The van der Waals surface area contributed by atoms with Gasteiger partial charge < -0.3 is 23.2 Å². The first-order chi connectivity index (χ1) is 16.4. The van der Waals surface area contributed by atoms with E-state index >= 15 is 0 Å². The van der Waals surface area contributed by atoms with Gasteiger partial charge in [-0.2, -0.15) is 0 Å². The van der Waals surface area contributed by atoms with E-state index in [0.29, 0.717) is 40.4 Å². The third kappa shape index (κ3) is 3.44. The van der Waals surface area contributed by atoms with Gasteiger partial charge >= 0.3 is 0 Å². The lowest BCUT2D eigenvalue weighted by Gasteiger charge is -2.25. The molecule has 2 aromatic heterocycles. The van der Waals surface area contributed by atoms with Crippen LogP contribution < -0.4 is 14.9 Å². The van der Waals surface area contributed by atoms with Gasteiger partial charge in [-0.05, 0) is 67.8 Å². The highest BCUT2D eigenvalue weighted by molar-refractivity contribution is 5.99. The van der Waals surface area contributed by atoms with Gasteiger partial charge in [0.1, 0.15) is 11.3 Å². The van der Waals surface area contributed by atoms with Gasteiger partial charge in [-0.25, -0.2) is 0 Å². The number of rotatable bonds is 6. The zero-order valence-electron chi connectivity index (χ0n) is 19.5. The molecule has 5 rings (SSSR count). The molecule has 0 bridgehead atoms. The molecule has 7 nitrogen and oxygen atoms in total. The van der Waals surface area contributed by atoms with E-state index in [1.54, 1.807) is 42.5 Å². The zero-order valence-corrected chi connectivity index (χ0v) is 19.5. The quantitative estimate of drug-likeness (QED) is 0.396. The van der Waals surface area contributed by atoms with Gasteiger partial charge in [0.25, 0.3) is 5.91 Å². The number of hydrogen-bond acceptors (Lipinski definition) is 6. The number of carbonyl (C=O) groups is 1. The summed E-state index contributed by atoms with van der Waals surface area (Å²) in [6.45, 7) is 6.37. The molecule has 0 fully saturated rings. The fraction of sp³-hybridized carbons (Fsp3) is 0.259. The molecule has 1 unspecified atom stereocenters. The van der Waals surface area contributed by atoms with Crippen molar-refractivity contribution in [2.24, 2.45) is 0 Å². The van der Waals surface area contributed by atoms with Crippen molar-refractivity contribution in [1.29, 1.82) is 0 Å². The second kappa shape index (κ2) is 8.41. The third-order valence-electron chi connectivity index (χ3n) is 6.11. The second-order valence-corrected chi connectivity index (χ2v) is 8.39. The molecule has 1 aliphatic rings. The number of aryl methyl sites for hydroxylation is 2. The highest BCUT2D eigenvalue weighted by Crippen LogP contribution is 2.42. The van der Waals surface area contributed by atoms with E-state index in [4.69, 9.17) is 18.3 Å². The molecule has 174 valence electrons. The summed E-state index contributed by atoms with van der Waals surface area (Å²) >= 11 is 0. The number of fused-ring (bicyclic) bond motifs is 2. The Hall–Kier alpha value is -4.00. The van der Waals surface area contributed by atoms with Crippen molar-refractivity contribution in [3.05, 3.63) is 92.7 Å². The zero-order chi connectivity index (χ0) is 24.0. The Morgan fingerprint density at radius 2 is 1.88 bits per heavy atom. The summed E-state index contributed by atoms with van der Waals surface area (Å²) in [6, 6.07) is 12.1. The molecule has 7 heteroatoms. The van der Waals surface area contributed by atoms with Crippen LogP contribution in [0.15, 0.2) is 62.4 Å². The normalized spacial score (nSPS) is 15.1. The van der Waals surface area contributed by atoms with Crippen LogP contribution in [-0.4, -0.2) is 24.5 Å². The average Bonchev–Trinajstić information content (AvgIpc) is 3.43. The van der Waals surface area contributed by atoms with Crippen LogP contribution in [0.2, 0.25) is 0 Å². The van der Waals surface area contributed by atoms with Gasteiger partial charge in [0.2, 0.25) is 5.76 Å². The van der Waals surface area contributed by atoms with Gasteiger partial charge in [-0.1, -0.05) is 12.1 Å². The fourth-order valence-electron chi connectivity index (χ4n) is 4.68. The molecule has 0 saturated heterocycles. The minimum atomic E-state index is -0.668. The van der Waals surface area contributed by atoms with Crippen molar-refractivity contribution < 1.29 is 23.1 Å². The van der Waals surface area contributed by atoms with Crippen LogP contribution in [0.4, 0.5) is 0 Å². The molecule has 3 heterocycles. The summed E-state index contributed by atoms with van der Waals surface area (Å²) in [6.07, 6.45) is 1.56. The first-order valence-corrected chi connectivity index (χ1v) is 11.1. The van der Waals surface area contributed by atoms with Crippen LogP contribution in [0, 0.1) is 13.8 Å². The van der Waals surface area contributed by atoms with Crippen molar-refractivity contribution in [2.75, 3.05) is 13.7 Å². The standard InChI is InChI=1S/C27H25NO6/c1-5-32-20-9-8-17(13-21(20)31-4)23-22-24(29)19-12-15(2)11-16(3)25(19)34-26(22)27(30)28(23)14-18-7-6-10-33-18/h6-13,23H,5,14H2,1-4H3. The molecule has 0 spiro atoms. The van der Waals surface area contributed by atoms with Crippen LogP contribution >= 0.6 is 0 Å². The van der Waals surface area contributed by atoms with Gasteiger partial charge in [0, 0.05) is 0 Å². The van der Waals surface area contributed by atoms with Gasteiger partial charge in [-0.3, -0.25) is 9.59 Å². The molecule has 1 atom stereocenters. The first-order valence-electron chi connectivity index (χ1n) is 11.1. The Balaban J connectivity index is 1.75. The molecule has 2 aromatic carbocycles. The number of nitrogens with zero attached hydrogens (tertiary/aromatic N) is 1. The monoisotopic (exact) mass is 459 g/mol. The molecule has 0 aliphatic carbocycles. The van der Waals surface area contributed by atoms with Gasteiger partial charge in [0.15, 0.2) is 16.9 Å². The third-order valence-corrected chi connectivity index (χ3v) is 6.11.